The summed E-state index contributed by atoms with van der Waals surface area (Å²) >= 11 is 4.74. The first-order valence-corrected chi connectivity index (χ1v) is 10.5. The van der Waals surface area contributed by atoms with Crippen molar-refractivity contribution in [2.45, 2.75) is 19.5 Å². The third-order valence-electron chi connectivity index (χ3n) is 4.15. The highest BCUT2D eigenvalue weighted by Crippen LogP contribution is 2.22. The summed E-state index contributed by atoms with van der Waals surface area (Å²) in [7, 11) is 0. The van der Waals surface area contributed by atoms with Crippen molar-refractivity contribution in [3.05, 3.63) is 74.4 Å². The predicted octanol–water partition coefficient (Wildman–Crippen LogP) is 3.74. The van der Waals surface area contributed by atoms with Crippen LogP contribution >= 0.6 is 27.3 Å². The number of hydrogen-bond acceptors (Lipinski definition) is 6. The van der Waals surface area contributed by atoms with Gasteiger partial charge in [0.1, 0.15) is 5.82 Å². The van der Waals surface area contributed by atoms with E-state index in [0.29, 0.717) is 15.9 Å². The van der Waals surface area contributed by atoms with Gasteiger partial charge in [-0.3, -0.25) is 9.48 Å². The number of halogens is 2. The van der Waals surface area contributed by atoms with Gasteiger partial charge in [-0.1, -0.05) is 24.3 Å². The molecule has 0 radical (unpaired) electrons. The van der Waals surface area contributed by atoms with Gasteiger partial charge < -0.3 is 9.73 Å². The fourth-order valence-electron chi connectivity index (χ4n) is 2.71. The summed E-state index contributed by atoms with van der Waals surface area (Å²) in [6.45, 7) is 0.286. The van der Waals surface area contributed by atoms with E-state index in [1.165, 1.54) is 22.1 Å². The van der Waals surface area contributed by atoms with Crippen LogP contribution in [0.4, 0.5) is 10.2 Å². The Bertz CT molecular complexity index is 1230. The van der Waals surface area contributed by atoms with Crippen LogP contribution in [0.2, 0.25) is 0 Å². The van der Waals surface area contributed by atoms with E-state index in [1.54, 1.807) is 30.5 Å². The van der Waals surface area contributed by atoms with E-state index in [-0.39, 0.29) is 37.1 Å². The summed E-state index contributed by atoms with van der Waals surface area (Å²) in [6, 6.07) is 10.0. The molecular formula is C19H15BrFN5O3S. The van der Waals surface area contributed by atoms with E-state index in [1.807, 2.05) is 11.4 Å². The molecule has 1 N–H and O–H groups in total. The van der Waals surface area contributed by atoms with E-state index in [4.69, 9.17) is 4.42 Å². The number of anilines is 1. The molecule has 0 bridgehead atoms. The van der Waals surface area contributed by atoms with Gasteiger partial charge in [0.15, 0.2) is 5.82 Å². The zero-order valence-corrected chi connectivity index (χ0v) is 17.8. The van der Waals surface area contributed by atoms with Gasteiger partial charge >= 0.3 is 5.76 Å². The van der Waals surface area contributed by atoms with Crippen molar-refractivity contribution >= 4 is 39.0 Å². The van der Waals surface area contributed by atoms with Crippen molar-refractivity contribution in [1.29, 1.82) is 0 Å². The highest BCUT2D eigenvalue weighted by molar-refractivity contribution is 9.10. The Morgan fingerprint density at radius 2 is 2.07 bits per heavy atom. The number of hydrogen-bond donors (Lipinski definition) is 1. The van der Waals surface area contributed by atoms with Crippen LogP contribution in [-0.2, 0) is 17.9 Å². The van der Waals surface area contributed by atoms with Crippen LogP contribution in [0.15, 0.2) is 61.7 Å². The summed E-state index contributed by atoms with van der Waals surface area (Å²) < 4.78 is 22.1. The zero-order chi connectivity index (χ0) is 21.1. The van der Waals surface area contributed by atoms with Crippen molar-refractivity contribution in [3.8, 4) is 10.8 Å². The normalized spacial score (nSPS) is 11.0. The van der Waals surface area contributed by atoms with Crippen molar-refractivity contribution in [3.63, 3.8) is 0 Å². The van der Waals surface area contributed by atoms with Crippen molar-refractivity contribution < 1.29 is 13.6 Å². The SMILES string of the molecule is O=C(CCn1nc(-c2cccs2)oc1=O)Nc1nn(Cc2ccccc2F)cc1Br. The van der Waals surface area contributed by atoms with Gasteiger partial charge in [-0.05, 0) is 33.4 Å². The fraction of sp³-hybridized carbons (Fsp3) is 0.158. The molecule has 8 nitrogen and oxygen atoms in total. The smallest absolute Gasteiger partial charge is 0.387 e. The van der Waals surface area contributed by atoms with Crippen LogP contribution in [0.3, 0.4) is 0 Å². The van der Waals surface area contributed by atoms with Gasteiger partial charge in [-0.15, -0.1) is 16.4 Å². The molecule has 1 amide bonds. The maximum absolute atomic E-state index is 13.8. The first-order chi connectivity index (χ1) is 14.5. The van der Waals surface area contributed by atoms with E-state index in [9.17, 15) is 14.0 Å². The first kappa shape index (κ1) is 20.2. The monoisotopic (exact) mass is 491 g/mol. The number of amides is 1. The lowest BCUT2D eigenvalue weighted by Crippen LogP contribution is -2.21. The number of aryl methyl sites for hydroxylation is 1. The molecule has 0 aliphatic rings. The molecule has 0 atom stereocenters. The average Bonchev–Trinajstić information content (AvgIpc) is 3.44. The molecule has 0 saturated carbocycles. The van der Waals surface area contributed by atoms with Crippen molar-refractivity contribution in [1.82, 2.24) is 19.6 Å². The van der Waals surface area contributed by atoms with Crippen LogP contribution in [-0.4, -0.2) is 25.5 Å². The maximum Gasteiger partial charge on any atom is 0.437 e. The number of benzene rings is 1. The molecule has 0 fully saturated rings. The molecule has 1 aromatic carbocycles. The van der Waals surface area contributed by atoms with E-state index < -0.39 is 5.76 Å². The van der Waals surface area contributed by atoms with Crippen molar-refractivity contribution in [2.75, 3.05) is 5.32 Å². The second-order valence-corrected chi connectivity index (χ2v) is 8.09. The molecule has 0 unspecified atom stereocenters. The van der Waals surface area contributed by atoms with Crippen molar-refractivity contribution in [2.24, 2.45) is 0 Å². The third kappa shape index (κ3) is 4.57. The molecule has 4 rings (SSSR count). The molecule has 3 heterocycles. The highest BCUT2D eigenvalue weighted by Gasteiger charge is 2.15. The number of rotatable bonds is 7. The quantitative estimate of drug-likeness (QED) is 0.424. The summed E-state index contributed by atoms with van der Waals surface area (Å²) in [5.41, 5.74) is 0.484. The van der Waals surface area contributed by atoms with Gasteiger partial charge in [-0.25, -0.2) is 9.18 Å². The summed E-state index contributed by atoms with van der Waals surface area (Å²) in [5, 5.41) is 12.9. The zero-order valence-electron chi connectivity index (χ0n) is 15.4. The van der Waals surface area contributed by atoms with Crippen LogP contribution in [0, 0.1) is 5.82 Å². The minimum Gasteiger partial charge on any atom is -0.387 e. The van der Waals surface area contributed by atoms with Gasteiger partial charge in [0, 0.05) is 18.2 Å². The van der Waals surface area contributed by atoms with Gasteiger partial charge in [0.25, 0.3) is 5.89 Å². The third-order valence-corrected chi connectivity index (χ3v) is 5.59. The average molecular weight is 492 g/mol. The van der Waals surface area contributed by atoms with E-state index in [0.717, 1.165) is 9.56 Å². The number of nitrogens with one attached hydrogen (secondary N) is 1. The Hall–Kier alpha value is -3.05. The molecule has 0 spiro atoms. The number of nitrogens with zero attached hydrogens (tertiary/aromatic N) is 4. The largest absolute Gasteiger partial charge is 0.437 e. The predicted molar refractivity (Wildman–Crippen MR) is 113 cm³/mol. The molecule has 11 heteroatoms. The molecular weight excluding hydrogens is 477 g/mol. The standard InChI is InChI=1S/C19H15BrFN5O3S/c20-13-11-25(10-12-4-1-2-5-14(12)21)23-17(13)22-16(27)7-8-26-19(28)29-18(24-26)15-6-3-9-30-15/h1-6,9,11H,7-8,10H2,(H,22,23,27). The maximum atomic E-state index is 13.8. The lowest BCUT2D eigenvalue weighted by atomic mass is 10.2. The molecule has 3 aromatic heterocycles. The second-order valence-electron chi connectivity index (χ2n) is 6.29. The lowest BCUT2D eigenvalue weighted by Gasteiger charge is -2.04. The lowest BCUT2D eigenvalue weighted by molar-refractivity contribution is -0.116. The molecule has 4 aromatic rings. The van der Waals surface area contributed by atoms with Gasteiger partial charge in [0.2, 0.25) is 5.91 Å². The minimum absolute atomic E-state index is 0.00291. The van der Waals surface area contributed by atoms with Crippen LogP contribution in [0.1, 0.15) is 12.0 Å². The Morgan fingerprint density at radius 1 is 1.23 bits per heavy atom. The molecule has 154 valence electrons. The Kier molecular flexibility index (Phi) is 5.91. The molecule has 0 aliphatic carbocycles. The van der Waals surface area contributed by atoms with Gasteiger partial charge in [0.05, 0.1) is 22.4 Å². The summed E-state index contributed by atoms with van der Waals surface area (Å²) in [6.07, 6.45) is 1.65. The number of carbonyl (C=O) groups excluding carboxylic acids is 1. The first-order valence-electron chi connectivity index (χ1n) is 8.87. The summed E-state index contributed by atoms with van der Waals surface area (Å²) in [4.78, 5) is 24.9. The fourth-order valence-corrected chi connectivity index (χ4v) is 3.77. The van der Waals surface area contributed by atoms with E-state index in [2.05, 4.69) is 31.4 Å². The number of carbonyl (C=O) groups is 1. The van der Waals surface area contributed by atoms with Gasteiger partial charge in [-0.2, -0.15) is 9.78 Å². The van der Waals surface area contributed by atoms with Crippen LogP contribution in [0.5, 0.6) is 0 Å². The minimum atomic E-state index is -0.624. The molecule has 0 aliphatic heterocycles. The molecule has 30 heavy (non-hydrogen) atoms. The second kappa shape index (κ2) is 8.76. The number of thiophene rings is 1. The molecule has 0 saturated heterocycles. The Morgan fingerprint density at radius 3 is 2.83 bits per heavy atom. The summed E-state index contributed by atoms with van der Waals surface area (Å²) in [5.74, 6) is -0.760. The Labute approximate surface area is 182 Å². The topological polar surface area (TPSA) is 94.9 Å². The highest BCUT2D eigenvalue weighted by atomic mass is 79.9. The van der Waals surface area contributed by atoms with Crippen LogP contribution < -0.4 is 11.1 Å². The van der Waals surface area contributed by atoms with Crippen LogP contribution in [0.25, 0.3) is 10.8 Å². The number of aromatic nitrogens is 4. The van der Waals surface area contributed by atoms with E-state index >= 15 is 0 Å². The Balaban J connectivity index is 1.37.